The topological polar surface area (TPSA) is 55.6 Å². The number of nitrogens with zero attached hydrogens (tertiary/aromatic N) is 2. The molecular formula is C25H23N3O2. The number of carbonyl (C=O) groups excluding carboxylic acids is 1. The number of imidazole rings is 1. The monoisotopic (exact) mass is 397 g/mol. The Balaban J connectivity index is 1.47. The Kier molecular flexibility index (Phi) is 4.71. The molecule has 4 aromatic rings. The number of ether oxygens (including phenoxy) is 1. The second-order valence-corrected chi connectivity index (χ2v) is 7.80. The van der Waals surface area contributed by atoms with Gasteiger partial charge in [0.05, 0.1) is 5.92 Å². The number of hydrogen-bond donors (Lipinski definition) is 1. The van der Waals surface area contributed by atoms with Gasteiger partial charge in [-0.2, -0.15) is 0 Å². The van der Waals surface area contributed by atoms with Crippen LogP contribution >= 0.6 is 0 Å². The van der Waals surface area contributed by atoms with Crippen LogP contribution < -0.4 is 10.1 Å². The molecule has 0 saturated heterocycles. The molecule has 0 aliphatic heterocycles. The molecule has 2 heterocycles. The van der Waals surface area contributed by atoms with Crippen molar-refractivity contribution in [1.82, 2.24) is 9.38 Å². The fourth-order valence-electron chi connectivity index (χ4n) is 3.50. The number of carbonyl (C=O) groups is 1. The van der Waals surface area contributed by atoms with Crippen molar-refractivity contribution >= 4 is 17.4 Å². The molecule has 2 aromatic heterocycles. The number of aromatic nitrogens is 2. The highest BCUT2D eigenvalue weighted by Crippen LogP contribution is 2.33. The molecule has 150 valence electrons. The normalized spacial score (nSPS) is 13.4. The summed E-state index contributed by atoms with van der Waals surface area (Å²) < 4.78 is 7.53. The summed E-state index contributed by atoms with van der Waals surface area (Å²) in [6.45, 7) is 2.76. The lowest BCUT2D eigenvalue weighted by Gasteiger charge is -2.10. The van der Waals surface area contributed by atoms with Crippen molar-refractivity contribution in [2.24, 2.45) is 5.92 Å². The Morgan fingerprint density at radius 1 is 1.10 bits per heavy atom. The van der Waals surface area contributed by atoms with E-state index in [4.69, 9.17) is 9.72 Å². The number of benzene rings is 2. The van der Waals surface area contributed by atoms with Gasteiger partial charge in [-0.3, -0.25) is 9.20 Å². The number of fused-ring (bicyclic) bond motifs is 1. The highest BCUT2D eigenvalue weighted by Gasteiger charge is 2.31. The molecule has 0 unspecified atom stereocenters. The molecule has 30 heavy (non-hydrogen) atoms. The maximum atomic E-state index is 11.9. The van der Waals surface area contributed by atoms with Gasteiger partial charge in [-0.25, -0.2) is 4.98 Å². The van der Waals surface area contributed by atoms with E-state index in [1.165, 1.54) is 5.56 Å². The van der Waals surface area contributed by atoms with Gasteiger partial charge in [0.25, 0.3) is 0 Å². The second-order valence-electron chi connectivity index (χ2n) is 7.80. The minimum Gasteiger partial charge on any atom is -0.426 e. The van der Waals surface area contributed by atoms with E-state index < -0.39 is 0 Å². The van der Waals surface area contributed by atoms with Crippen LogP contribution in [-0.4, -0.2) is 15.4 Å². The fraction of sp³-hybridized carbons (Fsp3) is 0.200. The van der Waals surface area contributed by atoms with Crippen molar-refractivity contribution in [3.8, 4) is 17.0 Å². The first-order valence-corrected chi connectivity index (χ1v) is 10.3. The molecule has 1 saturated carbocycles. The van der Waals surface area contributed by atoms with E-state index >= 15 is 0 Å². The van der Waals surface area contributed by atoms with Gasteiger partial charge in [0.15, 0.2) is 0 Å². The molecule has 1 aliphatic carbocycles. The van der Waals surface area contributed by atoms with Crippen LogP contribution in [0.25, 0.3) is 16.9 Å². The van der Waals surface area contributed by atoms with Crippen molar-refractivity contribution in [2.75, 3.05) is 5.32 Å². The molecule has 0 bridgehead atoms. The Labute approximate surface area is 175 Å². The first-order chi connectivity index (χ1) is 14.7. The first kappa shape index (κ1) is 18.4. The zero-order valence-electron chi connectivity index (χ0n) is 16.8. The molecule has 5 rings (SSSR count). The van der Waals surface area contributed by atoms with Crippen LogP contribution in [0.5, 0.6) is 5.75 Å². The molecule has 5 heteroatoms. The Morgan fingerprint density at radius 3 is 2.60 bits per heavy atom. The molecule has 2 aromatic carbocycles. The van der Waals surface area contributed by atoms with Crippen molar-refractivity contribution in [2.45, 2.75) is 26.3 Å². The van der Waals surface area contributed by atoms with Crippen LogP contribution in [0.1, 0.15) is 24.0 Å². The van der Waals surface area contributed by atoms with Crippen molar-refractivity contribution in [1.29, 1.82) is 0 Å². The molecule has 1 fully saturated rings. The van der Waals surface area contributed by atoms with Gasteiger partial charge in [-0.1, -0.05) is 30.3 Å². The van der Waals surface area contributed by atoms with E-state index in [0.29, 0.717) is 12.3 Å². The summed E-state index contributed by atoms with van der Waals surface area (Å²) >= 11 is 0. The van der Waals surface area contributed by atoms with Crippen LogP contribution in [0.4, 0.5) is 5.82 Å². The number of nitrogens with one attached hydrogen (secondary N) is 1. The Hall–Kier alpha value is -3.60. The summed E-state index contributed by atoms with van der Waals surface area (Å²) in [5, 5.41) is 3.56. The van der Waals surface area contributed by atoms with Crippen LogP contribution in [0.2, 0.25) is 0 Å². The van der Waals surface area contributed by atoms with E-state index in [-0.39, 0.29) is 11.9 Å². The molecule has 0 amide bonds. The van der Waals surface area contributed by atoms with E-state index in [1.807, 2.05) is 48.7 Å². The number of esters is 1. The van der Waals surface area contributed by atoms with Crippen LogP contribution in [0, 0.1) is 12.8 Å². The van der Waals surface area contributed by atoms with E-state index in [1.54, 1.807) is 0 Å². The summed E-state index contributed by atoms with van der Waals surface area (Å²) in [6.07, 6.45) is 3.92. The molecule has 5 nitrogen and oxygen atoms in total. The highest BCUT2D eigenvalue weighted by molar-refractivity contribution is 5.79. The molecule has 1 aliphatic rings. The SMILES string of the molecule is Cc1ccn2c(NCc3ccccc3)c(-c3ccc(OC(=O)C4CC4)cc3)nc2c1. The molecule has 1 N–H and O–H groups in total. The van der Waals surface area contributed by atoms with E-state index in [2.05, 4.69) is 40.9 Å². The summed E-state index contributed by atoms with van der Waals surface area (Å²) in [5.41, 5.74) is 5.10. The number of aryl methyl sites for hydroxylation is 1. The average Bonchev–Trinajstić information content (AvgIpc) is 3.56. The van der Waals surface area contributed by atoms with Crippen molar-refractivity contribution in [3.63, 3.8) is 0 Å². The van der Waals surface area contributed by atoms with Gasteiger partial charge in [-0.15, -0.1) is 0 Å². The number of rotatable bonds is 6. The predicted octanol–water partition coefficient (Wildman–Crippen LogP) is 5.24. The quantitative estimate of drug-likeness (QED) is 0.357. The van der Waals surface area contributed by atoms with Crippen LogP contribution in [0.3, 0.4) is 0 Å². The summed E-state index contributed by atoms with van der Waals surface area (Å²) in [5.74, 6) is 1.47. The number of hydrogen-bond acceptors (Lipinski definition) is 4. The Morgan fingerprint density at radius 2 is 1.87 bits per heavy atom. The third-order valence-electron chi connectivity index (χ3n) is 5.34. The summed E-state index contributed by atoms with van der Waals surface area (Å²) in [4.78, 5) is 16.8. The zero-order chi connectivity index (χ0) is 20.5. The van der Waals surface area contributed by atoms with Gasteiger partial charge in [-0.05, 0) is 67.3 Å². The van der Waals surface area contributed by atoms with E-state index in [0.717, 1.165) is 41.1 Å². The molecule has 0 atom stereocenters. The number of pyridine rings is 1. The summed E-state index contributed by atoms with van der Waals surface area (Å²) in [6, 6.07) is 22.0. The van der Waals surface area contributed by atoms with Gasteiger partial charge in [0.2, 0.25) is 0 Å². The maximum Gasteiger partial charge on any atom is 0.314 e. The lowest BCUT2D eigenvalue weighted by atomic mass is 10.1. The fourth-order valence-corrected chi connectivity index (χ4v) is 3.50. The lowest BCUT2D eigenvalue weighted by Crippen LogP contribution is -2.09. The lowest BCUT2D eigenvalue weighted by molar-refractivity contribution is -0.135. The highest BCUT2D eigenvalue weighted by atomic mass is 16.5. The third kappa shape index (κ3) is 3.79. The van der Waals surface area contributed by atoms with Crippen LogP contribution in [0.15, 0.2) is 72.9 Å². The smallest absolute Gasteiger partial charge is 0.314 e. The maximum absolute atomic E-state index is 11.9. The molecule has 0 radical (unpaired) electrons. The molecular weight excluding hydrogens is 374 g/mol. The zero-order valence-corrected chi connectivity index (χ0v) is 16.8. The Bertz CT molecular complexity index is 1190. The van der Waals surface area contributed by atoms with Gasteiger partial charge in [0.1, 0.15) is 22.9 Å². The standard InChI is InChI=1S/C25H23N3O2/c1-17-13-14-28-22(15-17)27-23(24(28)26-16-18-5-3-2-4-6-18)19-9-11-21(12-10-19)30-25(29)20-7-8-20/h2-6,9-15,20,26H,7-8,16H2,1H3. The van der Waals surface area contributed by atoms with Gasteiger partial charge in [0, 0.05) is 18.3 Å². The average molecular weight is 397 g/mol. The van der Waals surface area contributed by atoms with Gasteiger partial charge < -0.3 is 10.1 Å². The largest absolute Gasteiger partial charge is 0.426 e. The minimum atomic E-state index is -0.129. The predicted molar refractivity (Wildman–Crippen MR) is 117 cm³/mol. The minimum absolute atomic E-state index is 0.0835. The first-order valence-electron chi connectivity index (χ1n) is 10.3. The third-order valence-corrected chi connectivity index (χ3v) is 5.34. The van der Waals surface area contributed by atoms with Gasteiger partial charge >= 0.3 is 5.97 Å². The molecule has 0 spiro atoms. The van der Waals surface area contributed by atoms with Crippen LogP contribution in [-0.2, 0) is 11.3 Å². The van der Waals surface area contributed by atoms with Crippen molar-refractivity contribution in [3.05, 3.63) is 84.1 Å². The number of anilines is 1. The second kappa shape index (κ2) is 7.67. The van der Waals surface area contributed by atoms with E-state index in [9.17, 15) is 4.79 Å². The summed E-state index contributed by atoms with van der Waals surface area (Å²) in [7, 11) is 0. The van der Waals surface area contributed by atoms with Crippen molar-refractivity contribution < 1.29 is 9.53 Å².